The van der Waals surface area contributed by atoms with Gasteiger partial charge in [0.2, 0.25) is 29.5 Å². The number of likely N-dealkylation sites (tertiary alicyclic amines) is 1. The van der Waals surface area contributed by atoms with E-state index in [1.807, 2.05) is 47.4 Å². The highest BCUT2D eigenvalue weighted by molar-refractivity contribution is 6.31. The standard InChI is InChI=1S/C48H53ClFN7O6/c1-54-39-26-30(14-17-36(39)57(46(54)63)38-18-19-40(58)52-43(38)60)28-20-24-55(25-21-28)44(61)29-12-15-31(16-13-29)51-42(59)34-27-48(47(53-34)22-5-2-6-23-47)32-8-3-4-10-35(32)56(45(48)62)37-11-7-9-33(49)41(37)50/h3-4,7-11,14,17,26,28-29,31,34,38,53H,2,5-6,12-13,15-16,18-25,27H2,1H3,(H,51,59)(H,52,58,60). The van der Waals surface area contributed by atoms with Crippen LogP contribution < -0.4 is 26.5 Å². The van der Waals surface area contributed by atoms with Gasteiger partial charge in [-0.1, -0.05) is 61.2 Å². The van der Waals surface area contributed by atoms with Crippen molar-refractivity contribution in [2.75, 3.05) is 18.0 Å². The van der Waals surface area contributed by atoms with Crippen LogP contribution in [0.3, 0.4) is 0 Å². The normalized spacial score (nSPS) is 27.3. The number of carbonyl (C=O) groups is 5. The molecule has 3 atom stereocenters. The van der Waals surface area contributed by atoms with Crippen molar-refractivity contribution in [1.29, 1.82) is 0 Å². The zero-order valence-electron chi connectivity index (χ0n) is 35.5. The number of benzene rings is 3. The molecule has 3 aromatic carbocycles. The summed E-state index contributed by atoms with van der Waals surface area (Å²) in [6.45, 7) is 1.27. The first-order valence-corrected chi connectivity index (χ1v) is 23.1. The van der Waals surface area contributed by atoms with Gasteiger partial charge in [-0.25, -0.2) is 9.18 Å². The molecule has 2 aliphatic carbocycles. The lowest BCUT2D eigenvalue weighted by atomic mass is 9.60. The van der Waals surface area contributed by atoms with Gasteiger partial charge in [-0.2, -0.15) is 0 Å². The van der Waals surface area contributed by atoms with Gasteiger partial charge in [-0.3, -0.25) is 48.6 Å². The summed E-state index contributed by atoms with van der Waals surface area (Å²) in [5.41, 5.74) is 2.00. The predicted octanol–water partition coefficient (Wildman–Crippen LogP) is 6.17. The minimum atomic E-state index is -1.06. The van der Waals surface area contributed by atoms with Gasteiger partial charge in [0.15, 0.2) is 5.82 Å². The fourth-order valence-corrected chi connectivity index (χ4v) is 12.4. The molecule has 13 nitrogen and oxygen atoms in total. The lowest BCUT2D eigenvalue weighted by molar-refractivity contribution is -0.138. The predicted molar refractivity (Wildman–Crippen MR) is 235 cm³/mol. The second-order valence-electron chi connectivity index (χ2n) is 18.8. The molecule has 0 radical (unpaired) electrons. The summed E-state index contributed by atoms with van der Waals surface area (Å²) >= 11 is 6.23. The van der Waals surface area contributed by atoms with Crippen LogP contribution in [0, 0.1) is 11.7 Å². The van der Waals surface area contributed by atoms with E-state index in [-0.39, 0.29) is 77.2 Å². The minimum Gasteiger partial charge on any atom is -0.352 e. The lowest BCUT2D eigenvalue weighted by Crippen LogP contribution is -2.60. The molecule has 5 amide bonds. The molecule has 4 aliphatic heterocycles. The quantitative estimate of drug-likeness (QED) is 0.196. The third-order valence-corrected chi connectivity index (χ3v) is 15.8. The molecule has 6 aliphatic rings. The van der Waals surface area contributed by atoms with E-state index >= 15 is 9.18 Å². The Morgan fingerprint density at radius 1 is 0.841 bits per heavy atom. The van der Waals surface area contributed by atoms with E-state index in [0.29, 0.717) is 50.0 Å². The highest BCUT2D eigenvalue weighted by Crippen LogP contribution is 2.60. The van der Waals surface area contributed by atoms with Gasteiger partial charge in [-0.15, -0.1) is 0 Å². The first kappa shape index (κ1) is 41.7. The number of rotatable bonds is 6. The van der Waals surface area contributed by atoms with Gasteiger partial charge in [0.05, 0.1) is 38.9 Å². The molecule has 1 aromatic heterocycles. The Balaban J connectivity index is 0.773. The van der Waals surface area contributed by atoms with Crippen LogP contribution in [0.4, 0.5) is 15.8 Å². The topological polar surface area (TPSA) is 155 Å². The summed E-state index contributed by atoms with van der Waals surface area (Å²) < 4.78 is 18.7. The van der Waals surface area contributed by atoms with Crippen LogP contribution in [0.1, 0.15) is 113 Å². The van der Waals surface area contributed by atoms with E-state index in [1.54, 1.807) is 23.7 Å². The highest BCUT2D eigenvalue weighted by atomic mass is 35.5. The first-order chi connectivity index (χ1) is 30.4. The second-order valence-corrected chi connectivity index (χ2v) is 19.2. The van der Waals surface area contributed by atoms with Crippen molar-refractivity contribution in [3.63, 3.8) is 0 Å². The monoisotopic (exact) mass is 877 g/mol. The second kappa shape index (κ2) is 16.0. The van der Waals surface area contributed by atoms with Crippen molar-refractivity contribution in [2.24, 2.45) is 13.0 Å². The van der Waals surface area contributed by atoms with Crippen LogP contribution >= 0.6 is 11.6 Å². The number of piperidine rings is 2. The molecule has 3 N–H and O–H groups in total. The molecule has 2 saturated carbocycles. The summed E-state index contributed by atoms with van der Waals surface area (Å²) in [5.74, 6) is -1.55. The number of imide groups is 1. The Bertz CT molecular complexity index is 2600. The average molecular weight is 878 g/mol. The van der Waals surface area contributed by atoms with Crippen molar-refractivity contribution < 1.29 is 28.4 Å². The van der Waals surface area contributed by atoms with Crippen LogP contribution in [0.2, 0.25) is 5.02 Å². The molecule has 10 rings (SSSR count). The number of amides is 5. The smallest absolute Gasteiger partial charge is 0.329 e. The Hall–Kier alpha value is -5.34. The molecular formula is C48H53ClFN7O6. The molecule has 63 heavy (non-hydrogen) atoms. The maximum Gasteiger partial charge on any atom is 0.329 e. The van der Waals surface area contributed by atoms with E-state index in [4.69, 9.17) is 11.6 Å². The average Bonchev–Trinajstić information content (AvgIpc) is 3.85. The summed E-state index contributed by atoms with van der Waals surface area (Å²) in [4.78, 5) is 84.3. The first-order valence-electron chi connectivity index (χ1n) is 22.7. The number of imidazole rings is 1. The lowest BCUT2D eigenvalue weighted by Gasteiger charge is -2.45. The third kappa shape index (κ3) is 6.72. The number of hydrogen-bond donors (Lipinski definition) is 3. The van der Waals surface area contributed by atoms with Gasteiger partial charge in [0, 0.05) is 44.1 Å². The molecule has 4 aromatic rings. The number of fused-ring (bicyclic) bond motifs is 4. The molecule has 3 unspecified atom stereocenters. The van der Waals surface area contributed by atoms with E-state index in [1.165, 1.54) is 15.5 Å². The summed E-state index contributed by atoms with van der Waals surface area (Å²) in [6.07, 6.45) is 9.36. The molecule has 5 heterocycles. The molecule has 330 valence electrons. The zero-order valence-corrected chi connectivity index (χ0v) is 36.2. The molecular weight excluding hydrogens is 825 g/mol. The molecule has 5 fully saturated rings. The maximum atomic E-state index is 15.6. The van der Waals surface area contributed by atoms with Crippen molar-refractivity contribution in [3.8, 4) is 0 Å². The Labute approximate surface area is 369 Å². The fraction of sp³-hybridized carbons (Fsp3) is 0.500. The van der Waals surface area contributed by atoms with Gasteiger partial charge >= 0.3 is 5.69 Å². The molecule has 3 saturated heterocycles. The van der Waals surface area contributed by atoms with Gasteiger partial charge in [-0.05, 0) is 112 Å². The molecule has 0 bridgehead atoms. The van der Waals surface area contributed by atoms with Crippen molar-refractivity contribution in [2.45, 2.75) is 125 Å². The van der Waals surface area contributed by atoms with Gasteiger partial charge in [0.1, 0.15) is 6.04 Å². The van der Waals surface area contributed by atoms with Crippen LogP contribution in [-0.4, -0.2) is 74.3 Å². The summed E-state index contributed by atoms with van der Waals surface area (Å²) in [7, 11) is 1.70. The Morgan fingerprint density at radius 2 is 1.57 bits per heavy atom. The number of carbonyl (C=O) groups excluding carboxylic acids is 5. The number of anilines is 2. The minimum absolute atomic E-state index is 0.0580. The summed E-state index contributed by atoms with van der Waals surface area (Å²) in [6, 6.07) is 16.8. The number of aromatic nitrogens is 2. The Morgan fingerprint density at radius 3 is 2.32 bits per heavy atom. The molecule has 2 spiro atoms. The van der Waals surface area contributed by atoms with Crippen LogP contribution in [-0.2, 0) is 36.4 Å². The number of hydrogen-bond acceptors (Lipinski definition) is 7. The van der Waals surface area contributed by atoms with Crippen molar-refractivity contribution >= 4 is 63.5 Å². The van der Waals surface area contributed by atoms with E-state index in [9.17, 15) is 24.0 Å². The van der Waals surface area contributed by atoms with Crippen LogP contribution in [0.25, 0.3) is 11.0 Å². The van der Waals surface area contributed by atoms with Gasteiger partial charge in [0.25, 0.3) is 0 Å². The number of para-hydroxylation sites is 1. The molecule has 15 heteroatoms. The number of nitrogens with zero attached hydrogens (tertiary/aromatic N) is 4. The summed E-state index contributed by atoms with van der Waals surface area (Å²) in [5, 5.41) is 9.34. The largest absolute Gasteiger partial charge is 0.352 e. The third-order valence-electron chi connectivity index (χ3n) is 15.5. The maximum absolute atomic E-state index is 15.6. The van der Waals surface area contributed by atoms with Crippen molar-refractivity contribution in [1.82, 2.24) is 30.0 Å². The number of aryl methyl sites for hydroxylation is 1. The van der Waals surface area contributed by atoms with E-state index < -0.39 is 34.8 Å². The van der Waals surface area contributed by atoms with Crippen LogP contribution in [0.15, 0.2) is 65.5 Å². The van der Waals surface area contributed by atoms with E-state index in [2.05, 4.69) is 16.0 Å². The number of halogens is 2. The fourth-order valence-electron chi connectivity index (χ4n) is 12.2. The number of nitrogens with one attached hydrogen (secondary N) is 3. The zero-order chi connectivity index (χ0) is 43.8. The van der Waals surface area contributed by atoms with Gasteiger partial charge < -0.3 is 10.2 Å². The highest BCUT2D eigenvalue weighted by Gasteiger charge is 2.68. The SMILES string of the molecule is Cn1c(=O)n(C2CCC(=O)NC2=O)c2ccc(C3CCN(C(=O)C4CCC(NC(=O)C5CC6(C(=O)N(c7cccc(Cl)c7F)c7ccccc76)C6(CCCCC6)N5)CC4)CC3)cc21. The van der Waals surface area contributed by atoms with Crippen molar-refractivity contribution in [3.05, 3.63) is 93.1 Å². The van der Waals surface area contributed by atoms with Crippen LogP contribution in [0.5, 0.6) is 0 Å². The Kier molecular flexibility index (Phi) is 10.6. The van der Waals surface area contributed by atoms with E-state index in [0.717, 1.165) is 61.6 Å².